The molecule has 0 saturated heterocycles. The molecule has 0 aliphatic rings. The predicted octanol–water partition coefficient (Wildman–Crippen LogP) is 4.30. The SMILES string of the molecule is CSCC[C@@H](NC(=O)Nc1c(Br)cc(Br)cc1Br)C(=O)O. The predicted molar refractivity (Wildman–Crippen MR) is 96.1 cm³/mol. The first-order valence-electron chi connectivity index (χ1n) is 5.79. The molecule has 0 heterocycles. The van der Waals surface area contributed by atoms with Gasteiger partial charge in [-0.2, -0.15) is 11.8 Å². The molecule has 0 fully saturated rings. The quantitative estimate of drug-likeness (QED) is 0.539. The highest BCUT2D eigenvalue weighted by Crippen LogP contribution is 2.34. The summed E-state index contributed by atoms with van der Waals surface area (Å²) in [6, 6.07) is 2.09. The van der Waals surface area contributed by atoms with Crippen LogP contribution in [0.5, 0.6) is 0 Å². The number of hydrogen-bond acceptors (Lipinski definition) is 3. The molecule has 0 saturated carbocycles. The summed E-state index contributed by atoms with van der Waals surface area (Å²) in [6.07, 6.45) is 2.25. The summed E-state index contributed by atoms with van der Waals surface area (Å²) in [5, 5.41) is 14.2. The standard InChI is InChI=1S/C12H13Br3N2O3S/c1-21-3-2-9(11(18)19)16-12(20)17-10-7(14)4-6(13)5-8(10)15/h4-5,9H,2-3H2,1H3,(H,18,19)(H2,16,17,20)/t9-/m1/s1. The zero-order valence-corrected chi connectivity index (χ0v) is 16.5. The van der Waals surface area contributed by atoms with Gasteiger partial charge < -0.3 is 15.7 Å². The molecule has 0 bridgehead atoms. The maximum absolute atomic E-state index is 11.9. The van der Waals surface area contributed by atoms with Crippen LogP contribution in [-0.4, -0.2) is 35.2 Å². The maximum Gasteiger partial charge on any atom is 0.326 e. The van der Waals surface area contributed by atoms with Crippen LogP contribution in [0.4, 0.5) is 10.5 Å². The summed E-state index contributed by atoms with van der Waals surface area (Å²) in [6.45, 7) is 0. The van der Waals surface area contributed by atoms with E-state index in [4.69, 9.17) is 5.11 Å². The summed E-state index contributed by atoms with van der Waals surface area (Å²) in [7, 11) is 0. The number of rotatable bonds is 6. The molecule has 5 nitrogen and oxygen atoms in total. The number of carbonyl (C=O) groups excluding carboxylic acids is 1. The average molecular weight is 505 g/mol. The largest absolute Gasteiger partial charge is 0.480 e. The van der Waals surface area contributed by atoms with Gasteiger partial charge in [0.05, 0.1) is 5.69 Å². The fraction of sp³-hybridized carbons (Fsp3) is 0.333. The summed E-state index contributed by atoms with van der Waals surface area (Å²) in [5.41, 5.74) is 0.532. The summed E-state index contributed by atoms with van der Waals surface area (Å²) in [4.78, 5) is 23.0. The molecule has 1 atom stereocenters. The van der Waals surface area contributed by atoms with Crippen molar-refractivity contribution in [3.8, 4) is 0 Å². The van der Waals surface area contributed by atoms with E-state index in [0.717, 1.165) is 4.47 Å². The number of carboxylic acids is 1. The van der Waals surface area contributed by atoms with Gasteiger partial charge in [0.25, 0.3) is 0 Å². The van der Waals surface area contributed by atoms with Crippen molar-refractivity contribution >= 4 is 77.2 Å². The molecule has 116 valence electrons. The Morgan fingerprint density at radius 1 is 1.29 bits per heavy atom. The monoisotopic (exact) mass is 502 g/mol. The number of benzene rings is 1. The van der Waals surface area contributed by atoms with Crippen molar-refractivity contribution in [2.45, 2.75) is 12.5 Å². The summed E-state index contributed by atoms with van der Waals surface area (Å²) >= 11 is 11.5. The number of amides is 2. The Kier molecular flexibility index (Phi) is 8.07. The van der Waals surface area contributed by atoms with Gasteiger partial charge in [0, 0.05) is 13.4 Å². The molecule has 0 aromatic heterocycles. The highest BCUT2D eigenvalue weighted by atomic mass is 79.9. The second-order valence-electron chi connectivity index (χ2n) is 4.02. The smallest absolute Gasteiger partial charge is 0.326 e. The van der Waals surface area contributed by atoms with E-state index in [1.165, 1.54) is 11.8 Å². The Morgan fingerprint density at radius 2 is 1.86 bits per heavy atom. The molecular formula is C12H13Br3N2O3S. The third kappa shape index (κ3) is 6.17. The molecule has 1 aromatic rings. The van der Waals surface area contributed by atoms with Crippen molar-refractivity contribution in [1.29, 1.82) is 0 Å². The van der Waals surface area contributed by atoms with E-state index in [-0.39, 0.29) is 0 Å². The lowest BCUT2D eigenvalue weighted by Crippen LogP contribution is -2.43. The zero-order chi connectivity index (χ0) is 16.0. The van der Waals surface area contributed by atoms with Crippen LogP contribution in [0.1, 0.15) is 6.42 Å². The normalized spacial score (nSPS) is 11.8. The molecule has 0 radical (unpaired) electrons. The fourth-order valence-corrected chi connectivity index (χ4v) is 4.39. The van der Waals surface area contributed by atoms with E-state index in [0.29, 0.717) is 26.8 Å². The van der Waals surface area contributed by atoms with Crippen LogP contribution >= 0.6 is 59.6 Å². The Morgan fingerprint density at radius 3 is 2.33 bits per heavy atom. The van der Waals surface area contributed by atoms with Crippen LogP contribution in [0.15, 0.2) is 25.6 Å². The Bertz CT molecular complexity index is 519. The highest BCUT2D eigenvalue weighted by Gasteiger charge is 2.20. The molecule has 0 unspecified atom stereocenters. The molecule has 0 aliphatic heterocycles. The second-order valence-corrected chi connectivity index (χ2v) is 7.63. The lowest BCUT2D eigenvalue weighted by Gasteiger charge is -2.16. The summed E-state index contributed by atoms with van der Waals surface area (Å²) in [5.74, 6) is -0.392. The van der Waals surface area contributed by atoms with Crippen molar-refractivity contribution in [1.82, 2.24) is 5.32 Å². The third-order valence-corrected chi connectivity index (χ3v) is 4.81. The van der Waals surface area contributed by atoms with Gasteiger partial charge in [0.1, 0.15) is 6.04 Å². The minimum Gasteiger partial charge on any atom is -0.480 e. The van der Waals surface area contributed by atoms with Crippen LogP contribution in [0.25, 0.3) is 0 Å². The molecule has 0 spiro atoms. The topological polar surface area (TPSA) is 78.4 Å². The van der Waals surface area contributed by atoms with Gasteiger partial charge in [0.2, 0.25) is 0 Å². The van der Waals surface area contributed by atoms with Gasteiger partial charge in [-0.1, -0.05) is 15.9 Å². The van der Waals surface area contributed by atoms with Gasteiger partial charge in [-0.3, -0.25) is 0 Å². The first kappa shape index (κ1) is 18.8. The molecule has 1 rings (SSSR count). The number of carbonyl (C=O) groups is 2. The van der Waals surface area contributed by atoms with Gasteiger partial charge in [-0.05, 0) is 62.4 Å². The third-order valence-electron chi connectivity index (χ3n) is 2.46. The fourth-order valence-electron chi connectivity index (χ4n) is 1.46. The zero-order valence-electron chi connectivity index (χ0n) is 11.0. The van der Waals surface area contributed by atoms with Crippen molar-refractivity contribution in [2.24, 2.45) is 0 Å². The van der Waals surface area contributed by atoms with Crippen LogP contribution in [-0.2, 0) is 4.79 Å². The van der Waals surface area contributed by atoms with E-state index in [9.17, 15) is 9.59 Å². The van der Waals surface area contributed by atoms with Crippen LogP contribution in [0.3, 0.4) is 0 Å². The highest BCUT2D eigenvalue weighted by molar-refractivity contribution is 9.11. The number of halogens is 3. The Hall–Kier alpha value is -0.250. The lowest BCUT2D eigenvalue weighted by molar-refractivity contribution is -0.139. The number of aliphatic carboxylic acids is 1. The molecular weight excluding hydrogens is 492 g/mol. The maximum atomic E-state index is 11.9. The Balaban J connectivity index is 2.74. The molecule has 1 aromatic carbocycles. The van der Waals surface area contributed by atoms with E-state index < -0.39 is 18.0 Å². The number of nitrogens with one attached hydrogen (secondary N) is 2. The van der Waals surface area contributed by atoms with E-state index in [1.807, 2.05) is 6.26 Å². The lowest BCUT2D eigenvalue weighted by atomic mass is 10.2. The van der Waals surface area contributed by atoms with E-state index >= 15 is 0 Å². The second kappa shape index (κ2) is 9.02. The first-order valence-corrected chi connectivity index (χ1v) is 9.56. The van der Waals surface area contributed by atoms with E-state index in [2.05, 4.69) is 58.4 Å². The van der Waals surface area contributed by atoms with Gasteiger partial charge in [-0.15, -0.1) is 0 Å². The van der Waals surface area contributed by atoms with Crippen molar-refractivity contribution in [2.75, 3.05) is 17.3 Å². The number of urea groups is 1. The number of anilines is 1. The molecule has 0 aliphatic carbocycles. The molecule has 21 heavy (non-hydrogen) atoms. The number of thioether (sulfide) groups is 1. The Labute approximate surface area is 152 Å². The van der Waals surface area contributed by atoms with Gasteiger partial charge >= 0.3 is 12.0 Å². The number of carboxylic acid groups (broad SMARTS) is 1. The average Bonchev–Trinajstić information content (AvgIpc) is 2.38. The van der Waals surface area contributed by atoms with Crippen LogP contribution < -0.4 is 10.6 Å². The number of hydrogen-bond donors (Lipinski definition) is 3. The summed E-state index contributed by atoms with van der Waals surface area (Å²) < 4.78 is 2.19. The van der Waals surface area contributed by atoms with E-state index in [1.54, 1.807) is 12.1 Å². The van der Waals surface area contributed by atoms with Crippen LogP contribution in [0.2, 0.25) is 0 Å². The van der Waals surface area contributed by atoms with Crippen molar-refractivity contribution < 1.29 is 14.7 Å². The molecule has 9 heteroatoms. The molecule has 3 N–H and O–H groups in total. The first-order chi connectivity index (χ1) is 9.85. The minimum absolute atomic E-state index is 0.368. The minimum atomic E-state index is -1.05. The van der Waals surface area contributed by atoms with Crippen molar-refractivity contribution in [3.63, 3.8) is 0 Å². The van der Waals surface area contributed by atoms with Crippen molar-refractivity contribution in [3.05, 3.63) is 25.6 Å². The molecule has 2 amide bonds. The van der Waals surface area contributed by atoms with Crippen LogP contribution in [0, 0.1) is 0 Å². The van der Waals surface area contributed by atoms with Gasteiger partial charge in [-0.25, -0.2) is 9.59 Å². The van der Waals surface area contributed by atoms with Gasteiger partial charge in [0.15, 0.2) is 0 Å².